The first-order valence-electron chi connectivity index (χ1n) is 14.4. The second kappa shape index (κ2) is 10.3. The Kier molecular flexibility index (Phi) is 7.80. The maximum absolute atomic E-state index is 13.3. The summed E-state index contributed by atoms with van der Waals surface area (Å²) in [4.78, 5) is 37.0. The van der Waals surface area contributed by atoms with Crippen LogP contribution in [-0.4, -0.2) is 29.9 Å². The van der Waals surface area contributed by atoms with Crippen LogP contribution in [-0.2, 0) is 23.9 Å². The zero-order valence-electron chi connectivity index (χ0n) is 23.6. The number of esters is 2. The van der Waals surface area contributed by atoms with Gasteiger partial charge in [-0.1, -0.05) is 46.3 Å². The Balaban J connectivity index is 1.59. The minimum Gasteiger partial charge on any atom is -0.462 e. The molecule has 36 heavy (non-hydrogen) atoms. The lowest BCUT2D eigenvalue weighted by molar-refractivity contribution is -0.153. The lowest BCUT2D eigenvalue weighted by Crippen LogP contribution is -2.51. The predicted molar refractivity (Wildman–Crippen MR) is 140 cm³/mol. The summed E-state index contributed by atoms with van der Waals surface area (Å²) in [7, 11) is 0. The van der Waals surface area contributed by atoms with Crippen LogP contribution in [0.2, 0.25) is 0 Å². The zero-order chi connectivity index (χ0) is 26.4. The first-order valence-corrected chi connectivity index (χ1v) is 14.4. The first kappa shape index (κ1) is 27.4. The number of fused-ring (bicyclic) bond motifs is 5. The first-order chi connectivity index (χ1) is 16.9. The third kappa shape index (κ3) is 4.92. The Morgan fingerprint density at radius 1 is 1.00 bits per heavy atom. The molecule has 202 valence electrons. The van der Waals surface area contributed by atoms with Gasteiger partial charge in [0, 0.05) is 38.5 Å². The van der Waals surface area contributed by atoms with Crippen LogP contribution in [0.1, 0.15) is 106 Å². The molecule has 0 radical (unpaired) electrons. The van der Waals surface area contributed by atoms with Gasteiger partial charge in [-0.25, -0.2) is 0 Å². The van der Waals surface area contributed by atoms with Crippen LogP contribution >= 0.6 is 0 Å². The molecular weight excluding hydrogens is 452 g/mol. The molecule has 3 saturated carbocycles. The van der Waals surface area contributed by atoms with E-state index in [1.165, 1.54) is 19.4 Å². The summed E-state index contributed by atoms with van der Waals surface area (Å²) < 4.78 is 11.6. The fraction of sp³-hybridized carbons (Fsp3) is 0.839. The highest BCUT2D eigenvalue weighted by atomic mass is 16.5. The maximum atomic E-state index is 13.3. The minimum absolute atomic E-state index is 0.00480. The number of ketones is 1. The normalized spacial score (nSPS) is 40.4. The van der Waals surface area contributed by atoms with Crippen LogP contribution in [0.15, 0.2) is 11.6 Å². The highest BCUT2D eigenvalue weighted by molar-refractivity contribution is 5.81. The monoisotopic (exact) mass is 500 g/mol. The lowest BCUT2D eigenvalue weighted by atomic mass is 9.47. The van der Waals surface area contributed by atoms with Gasteiger partial charge in [0.25, 0.3) is 0 Å². The van der Waals surface area contributed by atoms with E-state index in [1.807, 2.05) is 0 Å². The second-order valence-corrected chi connectivity index (χ2v) is 13.4. The van der Waals surface area contributed by atoms with Crippen LogP contribution in [0.4, 0.5) is 0 Å². The molecule has 9 atom stereocenters. The van der Waals surface area contributed by atoms with E-state index in [0.29, 0.717) is 35.9 Å². The molecule has 0 bridgehead atoms. The molecule has 0 N–H and O–H groups in total. The van der Waals surface area contributed by atoms with Crippen molar-refractivity contribution in [2.45, 2.75) is 118 Å². The SMILES string of the molecule is CC(=O)O[C@H]1CC[C@@]2(C)C(=CC[C@H]3[C@@H]4C[C@H](OC(C)=O)[C@H]([C@H](C)C(=O)CCC(C)C)[C@@]4(C)CC[C@@H]32)C1. The molecule has 0 aromatic heterocycles. The molecule has 5 nitrogen and oxygen atoms in total. The van der Waals surface area contributed by atoms with Gasteiger partial charge < -0.3 is 9.47 Å². The molecule has 0 aliphatic heterocycles. The third-order valence-corrected chi connectivity index (χ3v) is 10.8. The summed E-state index contributed by atoms with van der Waals surface area (Å²) in [6.07, 6.45) is 10.8. The molecule has 4 aliphatic carbocycles. The summed E-state index contributed by atoms with van der Waals surface area (Å²) in [6, 6.07) is 0. The van der Waals surface area contributed by atoms with Crippen molar-refractivity contribution in [3.8, 4) is 0 Å². The van der Waals surface area contributed by atoms with Gasteiger partial charge in [-0.05, 0) is 79.4 Å². The van der Waals surface area contributed by atoms with E-state index in [4.69, 9.17) is 9.47 Å². The van der Waals surface area contributed by atoms with Gasteiger partial charge in [0.05, 0.1) is 0 Å². The largest absolute Gasteiger partial charge is 0.462 e. The lowest BCUT2D eigenvalue weighted by Gasteiger charge is -2.58. The molecule has 0 aromatic carbocycles. The molecule has 0 saturated heterocycles. The highest BCUT2D eigenvalue weighted by Gasteiger charge is 2.63. The van der Waals surface area contributed by atoms with Gasteiger partial charge in [0.2, 0.25) is 0 Å². The van der Waals surface area contributed by atoms with E-state index in [2.05, 4.69) is 40.7 Å². The molecule has 5 heteroatoms. The standard InChI is InChI=1S/C31H48O5/c1-18(2)8-11-27(34)19(3)29-28(36-21(5)33)17-26-24-10-9-22-16-23(35-20(4)32)12-14-30(22,6)25(24)13-15-31(26,29)7/h9,18-19,23-26,28-29H,8,10-17H2,1-7H3/t19-,23+,24-,25+,26+,28+,29+,30+,31+/m1/s1. The smallest absolute Gasteiger partial charge is 0.302 e. The van der Waals surface area contributed by atoms with Crippen LogP contribution in [0.3, 0.4) is 0 Å². The number of rotatable bonds is 7. The van der Waals surface area contributed by atoms with Crippen molar-refractivity contribution in [2.75, 3.05) is 0 Å². The maximum Gasteiger partial charge on any atom is 0.302 e. The molecule has 3 fully saturated rings. The van der Waals surface area contributed by atoms with Crippen molar-refractivity contribution in [1.82, 2.24) is 0 Å². The minimum atomic E-state index is -0.229. The fourth-order valence-electron chi connectivity index (χ4n) is 9.08. The zero-order valence-corrected chi connectivity index (χ0v) is 23.6. The topological polar surface area (TPSA) is 69.7 Å². The van der Waals surface area contributed by atoms with Crippen molar-refractivity contribution in [3.63, 3.8) is 0 Å². The number of Topliss-reactive ketones (excluding diaryl/α,β-unsaturated/α-hetero) is 1. The van der Waals surface area contributed by atoms with Crippen LogP contribution in [0, 0.1) is 46.3 Å². The van der Waals surface area contributed by atoms with E-state index in [9.17, 15) is 14.4 Å². The highest BCUT2D eigenvalue weighted by Crippen LogP contribution is 2.67. The van der Waals surface area contributed by atoms with E-state index >= 15 is 0 Å². The van der Waals surface area contributed by atoms with E-state index in [-0.39, 0.29) is 46.8 Å². The number of carbonyl (C=O) groups excluding carboxylic acids is 3. The van der Waals surface area contributed by atoms with E-state index in [0.717, 1.165) is 51.4 Å². The molecule has 0 heterocycles. The Bertz CT molecular complexity index is 905. The van der Waals surface area contributed by atoms with E-state index in [1.54, 1.807) is 0 Å². The van der Waals surface area contributed by atoms with Crippen molar-refractivity contribution >= 4 is 17.7 Å². The quantitative estimate of drug-likeness (QED) is 0.288. The molecule has 4 aliphatic rings. The Hall–Kier alpha value is -1.65. The number of allylic oxidation sites excluding steroid dienone is 1. The molecule has 0 spiro atoms. The van der Waals surface area contributed by atoms with Gasteiger partial charge in [-0.2, -0.15) is 0 Å². The van der Waals surface area contributed by atoms with Crippen molar-refractivity contribution in [3.05, 3.63) is 11.6 Å². The molecular formula is C31H48O5. The molecule has 0 amide bonds. The summed E-state index contributed by atoms with van der Waals surface area (Å²) in [5.41, 5.74) is 1.63. The molecule has 0 unspecified atom stereocenters. The summed E-state index contributed by atoms with van der Waals surface area (Å²) in [5.74, 6) is 2.01. The van der Waals surface area contributed by atoms with Gasteiger partial charge in [0.15, 0.2) is 0 Å². The molecule has 0 aromatic rings. The Morgan fingerprint density at radius 3 is 2.33 bits per heavy atom. The van der Waals surface area contributed by atoms with Gasteiger partial charge in [0.1, 0.15) is 18.0 Å². The van der Waals surface area contributed by atoms with Gasteiger partial charge >= 0.3 is 11.9 Å². The number of hydrogen-bond acceptors (Lipinski definition) is 5. The predicted octanol–water partition coefficient (Wildman–Crippen LogP) is 6.68. The second-order valence-electron chi connectivity index (χ2n) is 13.4. The summed E-state index contributed by atoms with van der Waals surface area (Å²) in [6.45, 7) is 14.3. The van der Waals surface area contributed by atoms with Gasteiger partial charge in [-0.3, -0.25) is 14.4 Å². The average molecular weight is 501 g/mol. The van der Waals surface area contributed by atoms with Crippen LogP contribution in [0.25, 0.3) is 0 Å². The van der Waals surface area contributed by atoms with Crippen LogP contribution in [0.5, 0.6) is 0 Å². The summed E-state index contributed by atoms with van der Waals surface area (Å²) in [5, 5.41) is 0. The number of carbonyl (C=O) groups is 3. The Labute approximate surface area is 218 Å². The summed E-state index contributed by atoms with van der Waals surface area (Å²) >= 11 is 0. The van der Waals surface area contributed by atoms with Gasteiger partial charge in [-0.15, -0.1) is 0 Å². The fourth-order valence-corrected chi connectivity index (χ4v) is 9.08. The van der Waals surface area contributed by atoms with Crippen LogP contribution < -0.4 is 0 Å². The third-order valence-electron chi connectivity index (χ3n) is 10.8. The van der Waals surface area contributed by atoms with Crippen molar-refractivity contribution in [1.29, 1.82) is 0 Å². The van der Waals surface area contributed by atoms with Crippen molar-refractivity contribution < 1.29 is 23.9 Å². The van der Waals surface area contributed by atoms with E-state index < -0.39 is 0 Å². The number of hydrogen-bond donors (Lipinski definition) is 0. The molecule has 4 rings (SSSR count). The average Bonchev–Trinajstić information content (AvgIpc) is 3.07. The number of ether oxygens (including phenoxy) is 2. The Morgan fingerprint density at radius 2 is 1.69 bits per heavy atom. The van der Waals surface area contributed by atoms with Crippen molar-refractivity contribution in [2.24, 2.45) is 46.3 Å².